The highest BCUT2D eigenvalue weighted by molar-refractivity contribution is 9.10. The van der Waals surface area contributed by atoms with Crippen molar-refractivity contribution < 1.29 is 9.53 Å². The molecule has 2 heterocycles. The zero-order valence-electron chi connectivity index (χ0n) is 14.7. The maximum atomic E-state index is 12.5. The minimum atomic E-state index is -0.366. The Morgan fingerprint density at radius 3 is 2.86 bits per heavy atom. The van der Waals surface area contributed by atoms with Crippen molar-refractivity contribution in [2.45, 2.75) is 0 Å². The number of hydrogen-bond acceptors (Lipinski definition) is 5. The maximum absolute atomic E-state index is 12.5. The number of carbonyl (C=O) groups excluding carboxylic acids is 1. The third-order valence-corrected chi connectivity index (χ3v) is 5.40. The number of methoxy groups -OCH3 is 1. The summed E-state index contributed by atoms with van der Waals surface area (Å²) in [5.41, 5.74) is 1.22. The summed E-state index contributed by atoms with van der Waals surface area (Å²) in [5.74, 6) is 0.804. The van der Waals surface area contributed by atoms with Gasteiger partial charge >= 0.3 is 4.87 Å². The standard InChI is InChI=1S/C20H14BrN3O3S/c1-27-15-6-5-11-7-12(19(25)23-16(11)10-15)8-17-18(24-20(26)28-17)22-14-4-2-3-13(21)9-14/h2-10,22H,1H3,(H,24,26). The van der Waals surface area contributed by atoms with Crippen LogP contribution < -0.4 is 25.5 Å². The van der Waals surface area contributed by atoms with Crippen molar-refractivity contribution in [3.8, 4) is 5.75 Å². The third-order valence-electron chi connectivity index (χ3n) is 4.07. The molecule has 0 fully saturated rings. The quantitative estimate of drug-likeness (QED) is 0.592. The second kappa shape index (κ2) is 7.57. The van der Waals surface area contributed by atoms with Crippen LogP contribution in [0.3, 0.4) is 0 Å². The van der Waals surface area contributed by atoms with Crippen LogP contribution in [0.2, 0.25) is 0 Å². The SMILES string of the molecule is COc1ccc2c(c1)=NC(=O)C(=Cc1sc(=O)[nH]c1Nc1cccc(Br)c1)C=2. The number of nitrogens with one attached hydrogen (secondary N) is 2. The first-order valence-corrected chi connectivity index (χ1v) is 9.89. The van der Waals surface area contributed by atoms with Crippen molar-refractivity contribution in [3.05, 3.63) is 77.6 Å². The Balaban J connectivity index is 1.74. The molecule has 6 nitrogen and oxygen atoms in total. The van der Waals surface area contributed by atoms with Crippen LogP contribution in [0.5, 0.6) is 5.75 Å². The fraction of sp³-hybridized carbons (Fsp3) is 0.0500. The summed E-state index contributed by atoms with van der Waals surface area (Å²) in [6.07, 6.45) is 3.43. The van der Waals surface area contributed by atoms with Crippen LogP contribution >= 0.6 is 27.3 Å². The van der Waals surface area contributed by atoms with E-state index in [-0.39, 0.29) is 10.8 Å². The highest BCUT2D eigenvalue weighted by Crippen LogP contribution is 2.25. The number of nitrogens with zero attached hydrogens (tertiary/aromatic N) is 1. The molecule has 2 aromatic carbocycles. The van der Waals surface area contributed by atoms with E-state index >= 15 is 0 Å². The first-order valence-electron chi connectivity index (χ1n) is 8.28. The van der Waals surface area contributed by atoms with Gasteiger partial charge in [0.05, 0.1) is 17.3 Å². The number of aromatic amines is 1. The van der Waals surface area contributed by atoms with Gasteiger partial charge in [0.15, 0.2) is 0 Å². The second-order valence-electron chi connectivity index (χ2n) is 5.97. The molecule has 140 valence electrons. The predicted octanol–water partition coefficient (Wildman–Crippen LogP) is 2.98. The minimum Gasteiger partial charge on any atom is -0.497 e. The molecule has 0 saturated carbocycles. The Morgan fingerprint density at radius 2 is 2.07 bits per heavy atom. The molecule has 0 bridgehead atoms. The van der Waals surface area contributed by atoms with Crippen molar-refractivity contribution in [1.82, 2.24) is 4.98 Å². The van der Waals surface area contributed by atoms with E-state index in [1.54, 1.807) is 25.3 Å². The number of thiazole rings is 1. The van der Waals surface area contributed by atoms with E-state index in [9.17, 15) is 9.59 Å². The molecule has 0 saturated heterocycles. The summed E-state index contributed by atoms with van der Waals surface area (Å²) in [5, 5.41) is 4.56. The number of benzene rings is 2. The second-order valence-corrected chi connectivity index (χ2v) is 7.91. The van der Waals surface area contributed by atoms with Gasteiger partial charge in [-0.05, 0) is 42.5 Å². The normalized spacial score (nSPS) is 14.2. The van der Waals surface area contributed by atoms with E-state index in [4.69, 9.17) is 4.74 Å². The van der Waals surface area contributed by atoms with Gasteiger partial charge in [0.25, 0.3) is 5.91 Å². The number of halogens is 1. The Kier molecular flexibility index (Phi) is 4.97. The van der Waals surface area contributed by atoms with Gasteiger partial charge in [0.1, 0.15) is 11.6 Å². The summed E-state index contributed by atoms with van der Waals surface area (Å²) >= 11 is 4.45. The van der Waals surface area contributed by atoms with Crippen molar-refractivity contribution in [2.24, 2.45) is 4.99 Å². The molecule has 0 aliphatic carbocycles. The van der Waals surface area contributed by atoms with Gasteiger partial charge < -0.3 is 10.1 Å². The Bertz CT molecular complexity index is 1290. The average molecular weight is 456 g/mol. The number of aromatic nitrogens is 1. The smallest absolute Gasteiger partial charge is 0.306 e. The summed E-state index contributed by atoms with van der Waals surface area (Å²) in [6, 6.07) is 12.9. The lowest BCUT2D eigenvalue weighted by Crippen LogP contribution is -2.30. The van der Waals surface area contributed by atoms with Crippen molar-refractivity contribution in [1.29, 1.82) is 0 Å². The highest BCUT2D eigenvalue weighted by Gasteiger charge is 2.14. The average Bonchev–Trinajstić information content (AvgIpc) is 3.00. The van der Waals surface area contributed by atoms with E-state index in [0.29, 0.717) is 27.4 Å². The number of amides is 1. The maximum Gasteiger partial charge on any atom is 0.306 e. The van der Waals surface area contributed by atoms with Gasteiger partial charge in [-0.3, -0.25) is 14.6 Å². The van der Waals surface area contributed by atoms with Crippen LogP contribution in [0.4, 0.5) is 11.5 Å². The number of hydrogen-bond donors (Lipinski definition) is 2. The third kappa shape index (κ3) is 3.83. The fourth-order valence-corrected chi connectivity index (χ4v) is 3.90. The summed E-state index contributed by atoms with van der Waals surface area (Å²) in [7, 11) is 1.56. The Hall–Kier alpha value is -2.97. The molecule has 0 spiro atoms. The molecule has 2 N–H and O–H groups in total. The van der Waals surface area contributed by atoms with Crippen molar-refractivity contribution in [2.75, 3.05) is 12.4 Å². The molecule has 0 unspecified atom stereocenters. The molecular formula is C20H14BrN3O3S. The van der Waals surface area contributed by atoms with Gasteiger partial charge in [-0.2, -0.15) is 0 Å². The van der Waals surface area contributed by atoms with E-state index in [2.05, 4.69) is 31.2 Å². The van der Waals surface area contributed by atoms with Crippen LogP contribution in [0.25, 0.3) is 12.2 Å². The van der Waals surface area contributed by atoms with E-state index in [0.717, 1.165) is 26.7 Å². The molecule has 28 heavy (non-hydrogen) atoms. The zero-order valence-corrected chi connectivity index (χ0v) is 17.1. The number of H-pyrrole nitrogens is 1. The lowest BCUT2D eigenvalue weighted by molar-refractivity contribution is -0.114. The molecule has 0 atom stereocenters. The fourth-order valence-electron chi connectivity index (χ4n) is 2.76. The lowest BCUT2D eigenvalue weighted by atomic mass is 10.1. The number of anilines is 2. The number of carbonyl (C=O) groups is 1. The van der Waals surface area contributed by atoms with Crippen LogP contribution in [0.1, 0.15) is 4.88 Å². The molecule has 0 radical (unpaired) electrons. The van der Waals surface area contributed by atoms with Crippen LogP contribution in [-0.2, 0) is 4.79 Å². The first kappa shape index (κ1) is 18.4. The van der Waals surface area contributed by atoms with Gasteiger partial charge in [0.2, 0.25) is 0 Å². The molecule has 1 aliphatic heterocycles. The molecule has 3 aromatic rings. The summed E-state index contributed by atoms with van der Waals surface area (Å²) in [6.45, 7) is 0. The topological polar surface area (TPSA) is 83.5 Å². The van der Waals surface area contributed by atoms with E-state index < -0.39 is 0 Å². The predicted molar refractivity (Wildman–Crippen MR) is 114 cm³/mol. The molecule has 4 rings (SSSR count). The first-order chi connectivity index (χ1) is 13.5. The van der Waals surface area contributed by atoms with Gasteiger partial charge in [-0.25, -0.2) is 4.99 Å². The van der Waals surface area contributed by atoms with E-state index in [1.807, 2.05) is 36.4 Å². The van der Waals surface area contributed by atoms with Crippen LogP contribution in [0, 0.1) is 0 Å². The Morgan fingerprint density at radius 1 is 1.21 bits per heavy atom. The molecule has 1 aromatic heterocycles. The van der Waals surface area contributed by atoms with Crippen molar-refractivity contribution in [3.63, 3.8) is 0 Å². The largest absolute Gasteiger partial charge is 0.497 e. The van der Waals surface area contributed by atoms with Gasteiger partial charge in [-0.15, -0.1) is 0 Å². The van der Waals surface area contributed by atoms with E-state index in [1.165, 1.54) is 0 Å². The number of ether oxygens (including phenoxy) is 1. The zero-order chi connectivity index (χ0) is 19.7. The summed E-state index contributed by atoms with van der Waals surface area (Å²) in [4.78, 5) is 31.7. The Labute approximate surface area is 172 Å². The number of fused-ring (bicyclic) bond motifs is 1. The molecule has 8 heteroatoms. The molecule has 1 aliphatic rings. The summed E-state index contributed by atoms with van der Waals surface area (Å²) < 4.78 is 6.09. The van der Waals surface area contributed by atoms with Crippen molar-refractivity contribution >= 4 is 56.8 Å². The highest BCUT2D eigenvalue weighted by atomic mass is 79.9. The van der Waals surface area contributed by atoms with Gasteiger partial charge in [-0.1, -0.05) is 33.3 Å². The van der Waals surface area contributed by atoms with Crippen LogP contribution in [0.15, 0.2) is 62.3 Å². The lowest BCUT2D eigenvalue weighted by Gasteiger charge is -2.07. The molecular weight excluding hydrogens is 442 g/mol. The monoisotopic (exact) mass is 455 g/mol. The van der Waals surface area contributed by atoms with Gasteiger partial charge in [0, 0.05) is 27.0 Å². The number of rotatable bonds is 4. The van der Waals surface area contributed by atoms with Crippen LogP contribution in [-0.4, -0.2) is 18.0 Å². The minimum absolute atomic E-state index is 0.213. The molecule has 1 amide bonds.